The number of allylic oxidation sites excluding steroid dienone is 4. The van der Waals surface area contributed by atoms with Gasteiger partial charge < -0.3 is 15.2 Å². The minimum Gasteiger partial charge on any atom is -0.478 e. The molecule has 5 heteroatoms. The molecule has 0 fully saturated rings. The summed E-state index contributed by atoms with van der Waals surface area (Å²) in [6, 6.07) is 14.7. The lowest BCUT2D eigenvalue weighted by Gasteiger charge is -2.19. The smallest absolute Gasteiger partial charge is 0.336 e. The third kappa shape index (κ3) is 6.57. The largest absolute Gasteiger partial charge is 0.478 e. The first-order valence-corrected chi connectivity index (χ1v) is 9.74. The number of carbonyl (C=O) groups is 2. The second-order valence-electron chi connectivity index (χ2n) is 7.79. The van der Waals surface area contributed by atoms with Crippen LogP contribution in [0.5, 0.6) is 11.5 Å². The molecule has 0 aliphatic rings. The SMILES string of the molecule is C=C/C=C(C(=O)O)\C(=C/C=C)C(=O)Nc1ccc(Oc2ccc(C(C)(C)C)cc2)cc1. The van der Waals surface area contributed by atoms with Crippen molar-refractivity contribution >= 4 is 17.6 Å². The summed E-state index contributed by atoms with van der Waals surface area (Å²) in [4.78, 5) is 24.1. The molecule has 2 aromatic carbocycles. The molecule has 0 saturated carbocycles. The van der Waals surface area contributed by atoms with Crippen LogP contribution < -0.4 is 10.1 Å². The van der Waals surface area contributed by atoms with Gasteiger partial charge in [-0.05, 0) is 59.5 Å². The number of hydrogen-bond acceptors (Lipinski definition) is 3. The van der Waals surface area contributed by atoms with Gasteiger partial charge in [-0.2, -0.15) is 0 Å². The highest BCUT2D eigenvalue weighted by atomic mass is 16.5. The summed E-state index contributed by atoms with van der Waals surface area (Å²) >= 11 is 0. The molecule has 0 aromatic heterocycles. The van der Waals surface area contributed by atoms with E-state index >= 15 is 0 Å². The second kappa shape index (κ2) is 10.3. The summed E-state index contributed by atoms with van der Waals surface area (Å²) in [6.45, 7) is 13.5. The molecule has 2 rings (SSSR count). The number of carbonyl (C=O) groups excluding carboxylic acids is 1. The number of anilines is 1. The molecule has 1 amide bonds. The fourth-order valence-electron chi connectivity index (χ4n) is 2.76. The Morgan fingerprint density at radius 2 is 1.35 bits per heavy atom. The minimum absolute atomic E-state index is 0.0262. The van der Waals surface area contributed by atoms with Crippen molar-refractivity contribution in [2.75, 3.05) is 5.32 Å². The lowest BCUT2D eigenvalue weighted by molar-refractivity contribution is -0.132. The van der Waals surface area contributed by atoms with E-state index in [9.17, 15) is 14.7 Å². The lowest BCUT2D eigenvalue weighted by Crippen LogP contribution is -2.19. The second-order valence-corrected chi connectivity index (χ2v) is 7.79. The van der Waals surface area contributed by atoms with Crippen LogP contribution in [0.4, 0.5) is 5.69 Å². The topological polar surface area (TPSA) is 75.6 Å². The van der Waals surface area contributed by atoms with Crippen molar-refractivity contribution in [1.82, 2.24) is 0 Å². The fourth-order valence-corrected chi connectivity index (χ4v) is 2.76. The van der Waals surface area contributed by atoms with Gasteiger partial charge in [-0.25, -0.2) is 4.79 Å². The summed E-state index contributed by atoms with van der Waals surface area (Å²) in [5, 5.41) is 12.1. The van der Waals surface area contributed by atoms with Crippen LogP contribution in [-0.4, -0.2) is 17.0 Å². The Kier molecular flexibility index (Phi) is 7.75. The van der Waals surface area contributed by atoms with Gasteiger partial charge in [-0.3, -0.25) is 4.79 Å². The van der Waals surface area contributed by atoms with Crippen LogP contribution in [0.25, 0.3) is 0 Å². The number of nitrogens with one attached hydrogen (secondary N) is 1. The predicted molar refractivity (Wildman–Crippen MR) is 124 cm³/mol. The van der Waals surface area contributed by atoms with Gasteiger partial charge in [0.2, 0.25) is 0 Å². The van der Waals surface area contributed by atoms with Gasteiger partial charge in [0.1, 0.15) is 11.5 Å². The average Bonchev–Trinajstić information content (AvgIpc) is 2.71. The van der Waals surface area contributed by atoms with Gasteiger partial charge in [0.15, 0.2) is 0 Å². The lowest BCUT2D eigenvalue weighted by atomic mass is 9.87. The number of carboxylic acid groups (broad SMARTS) is 1. The van der Waals surface area contributed by atoms with Gasteiger partial charge in [0, 0.05) is 5.69 Å². The van der Waals surface area contributed by atoms with Crippen molar-refractivity contribution in [3.8, 4) is 11.5 Å². The Labute approximate surface area is 183 Å². The summed E-state index contributed by atoms with van der Waals surface area (Å²) in [5.41, 5.74) is 1.58. The highest BCUT2D eigenvalue weighted by Crippen LogP contribution is 2.27. The molecule has 0 bridgehead atoms. The molecule has 2 aromatic rings. The van der Waals surface area contributed by atoms with Crippen LogP contribution in [0.15, 0.2) is 97.1 Å². The Hall–Kier alpha value is -3.86. The molecular weight excluding hydrogens is 390 g/mol. The van der Waals surface area contributed by atoms with Gasteiger partial charge in [-0.15, -0.1) is 0 Å². The highest BCUT2D eigenvalue weighted by Gasteiger charge is 2.19. The zero-order valence-electron chi connectivity index (χ0n) is 18.0. The maximum Gasteiger partial charge on any atom is 0.336 e. The van der Waals surface area contributed by atoms with Crippen molar-refractivity contribution in [3.63, 3.8) is 0 Å². The van der Waals surface area contributed by atoms with Gasteiger partial charge >= 0.3 is 5.97 Å². The molecule has 0 aliphatic heterocycles. The normalized spacial score (nSPS) is 12.1. The number of carboxylic acids is 1. The first kappa shape index (κ1) is 23.4. The zero-order valence-corrected chi connectivity index (χ0v) is 18.0. The Morgan fingerprint density at radius 3 is 1.81 bits per heavy atom. The third-order valence-electron chi connectivity index (χ3n) is 4.40. The van der Waals surface area contributed by atoms with Gasteiger partial charge in [0.05, 0.1) is 11.1 Å². The van der Waals surface area contributed by atoms with Crippen molar-refractivity contribution < 1.29 is 19.4 Å². The monoisotopic (exact) mass is 417 g/mol. The van der Waals surface area contributed by atoms with Crippen molar-refractivity contribution in [3.05, 3.63) is 103 Å². The van der Waals surface area contributed by atoms with Crippen LogP contribution in [0.1, 0.15) is 26.3 Å². The van der Waals surface area contributed by atoms with Crippen molar-refractivity contribution in [2.24, 2.45) is 0 Å². The molecule has 31 heavy (non-hydrogen) atoms. The van der Waals surface area contributed by atoms with E-state index in [-0.39, 0.29) is 16.6 Å². The average molecular weight is 418 g/mol. The molecule has 0 unspecified atom stereocenters. The van der Waals surface area contributed by atoms with Crippen LogP contribution in [0.3, 0.4) is 0 Å². The van der Waals surface area contributed by atoms with Crippen molar-refractivity contribution in [1.29, 1.82) is 0 Å². The Balaban J connectivity index is 2.12. The number of aliphatic carboxylic acids is 1. The number of benzene rings is 2. The van der Waals surface area contributed by atoms with Gasteiger partial charge in [0.25, 0.3) is 5.91 Å². The minimum atomic E-state index is -1.23. The van der Waals surface area contributed by atoms with Crippen molar-refractivity contribution in [2.45, 2.75) is 26.2 Å². The third-order valence-corrected chi connectivity index (χ3v) is 4.40. The Bertz CT molecular complexity index is 1020. The zero-order chi connectivity index (χ0) is 23.0. The Morgan fingerprint density at radius 1 is 0.871 bits per heavy atom. The van der Waals surface area contributed by atoms with E-state index in [1.807, 2.05) is 24.3 Å². The quantitative estimate of drug-likeness (QED) is 0.406. The van der Waals surface area contributed by atoms with E-state index in [0.717, 1.165) is 0 Å². The van der Waals surface area contributed by atoms with Crippen LogP contribution in [-0.2, 0) is 15.0 Å². The van der Waals surface area contributed by atoms with E-state index in [1.165, 1.54) is 29.9 Å². The van der Waals surface area contributed by atoms with E-state index in [1.54, 1.807) is 24.3 Å². The maximum absolute atomic E-state index is 12.6. The summed E-state index contributed by atoms with van der Waals surface area (Å²) in [5.74, 6) is -0.478. The maximum atomic E-state index is 12.6. The molecule has 160 valence electrons. The van der Waals surface area contributed by atoms with E-state index < -0.39 is 11.9 Å². The van der Waals surface area contributed by atoms with E-state index in [2.05, 4.69) is 39.2 Å². The molecule has 0 spiro atoms. The first-order chi connectivity index (χ1) is 14.7. The first-order valence-electron chi connectivity index (χ1n) is 9.74. The molecule has 2 N–H and O–H groups in total. The van der Waals surface area contributed by atoms with Crippen LogP contribution >= 0.6 is 0 Å². The van der Waals surface area contributed by atoms with Gasteiger partial charge in [-0.1, -0.05) is 58.2 Å². The standard InChI is InChI=1S/C26H27NO4/c1-6-8-22(23(9-7-2)25(29)30)24(28)27-19-12-16-21(17-13-19)31-20-14-10-18(11-15-20)26(3,4)5/h6-17H,1-2H2,3-5H3,(H,27,28)(H,29,30)/b22-8+,23-9+. The van der Waals surface area contributed by atoms with Crippen LogP contribution in [0, 0.1) is 0 Å². The molecule has 0 radical (unpaired) electrons. The fraction of sp³-hybridized carbons (Fsp3) is 0.154. The molecule has 0 saturated heterocycles. The summed E-state index contributed by atoms with van der Waals surface area (Å²) in [7, 11) is 0. The predicted octanol–water partition coefficient (Wildman–Crippen LogP) is 6.02. The van der Waals surface area contributed by atoms with E-state index in [0.29, 0.717) is 17.2 Å². The molecule has 5 nitrogen and oxygen atoms in total. The number of rotatable bonds is 8. The molecule has 0 aliphatic carbocycles. The molecule has 0 heterocycles. The summed E-state index contributed by atoms with van der Waals surface area (Å²) in [6.07, 6.45) is 5.28. The molecule has 0 atom stereocenters. The highest BCUT2D eigenvalue weighted by molar-refractivity contribution is 6.14. The number of ether oxygens (including phenoxy) is 1. The molecular formula is C26H27NO4. The number of amides is 1. The summed E-state index contributed by atoms with van der Waals surface area (Å²) < 4.78 is 5.86. The van der Waals surface area contributed by atoms with E-state index in [4.69, 9.17) is 4.74 Å². The number of hydrogen-bond donors (Lipinski definition) is 2. The van der Waals surface area contributed by atoms with Crippen LogP contribution in [0.2, 0.25) is 0 Å².